The second-order valence-corrected chi connectivity index (χ2v) is 4.93. The number of anilines is 3. The zero-order valence-electron chi connectivity index (χ0n) is 11.2. The molecular weight excluding hydrogens is 257 g/mol. The summed E-state index contributed by atoms with van der Waals surface area (Å²) in [6.45, 7) is 1.84. The monoisotopic (exact) mass is 273 g/mol. The third-order valence-corrected chi connectivity index (χ3v) is 3.37. The van der Waals surface area contributed by atoms with Gasteiger partial charge in [0, 0.05) is 11.5 Å². The van der Waals surface area contributed by atoms with Crippen LogP contribution < -0.4 is 16.6 Å². The number of aromatic nitrogens is 2. The normalized spacial score (nSPS) is 14.2. The van der Waals surface area contributed by atoms with Crippen molar-refractivity contribution in [2.24, 2.45) is 5.84 Å². The van der Waals surface area contributed by atoms with Gasteiger partial charge in [-0.1, -0.05) is 12.1 Å². The Kier molecular flexibility index (Phi) is 3.23. The predicted octanol–water partition coefficient (Wildman–Crippen LogP) is 2.83. The molecule has 20 heavy (non-hydrogen) atoms. The van der Waals surface area contributed by atoms with Crippen LogP contribution in [0.5, 0.6) is 0 Å². The van der Waals surface area contributed by atoms with Crippen LogP contribution in [0.2, 0.25) is 0 Å². The summed E-state index contributed by atoms with van der Waals surface area (Å²) in [5.74, 6) is 7.47. The van der Waals surface area contributed by atoms with Gasteiger partial charge in [0.15, 0.2) is 0 Å². The Morgan fingerprint density at radius 3 is 2.55 bits per heavy atom. The molecule has 104 valence electrons. The Balaban J connectivity index is 1.99. The average Bonchev–Trinajstić information content (AvgIpc) is 3.28. The minimum Gasteiger partial charge on any atom is -0.337 e. The molecule has 0 bridgehead atoms. The van der Waals surface area contributed by atoms with Gasteiger partial charge in [0.1, 0.15) is 23.3 Å². The van der Waals surface area contributed by atoms with E-state index in [-0.39, 0.29) is 5.82 Å². The first-order valence-electron chi connectivity index (χ1n) is 6.55. The summed E-state index contributed by atoms with van der Waals surface area (Å²) in [5.41, 5.74) is 3.73. The van der Waals surface area contributed by atoms with Crippen LogP contribution in [0, 0.1) is 12.7 Å². The van der Waals surface area contributed by atoms with E-state index in [4.69, 9.17) is 5.84 Å². The Morgan fingerprint density at radius 2 is 1.90 bits per heavy atom. The van der Waals surface area contributed by atoms with E-state index in [2.05, 4.69) is 20.7 Å². The highest BCUT2D eigenvalue weighted by Crippen LogP contribution is 2.39. The number of halogens is 1. The average molecular weight is 273 g/mol. The lowest BCUT2D eigenvalue weighted by molar-refractivity contribution is 0.631. The summed E-state index contributed by atoms with van der Waals surface area (Å²) < 4.78 is 13.7. The highest BCUT2D eigenvalue weighted by molar-refractivity contribution is 5.65. The maximum absolute atomic E-state index is 13.7. The Labute approximate surface area is 116 Å². The van der Waals surface area contributed by atoms with Crippen molar-refractivity contribution < 1.29 is 4.39 Å². The molecule has 4 N–H and O–H groups in total. The SMILES string of the molecule is Cc1c(NN)nc(C2CC2)nc1Nc1ccccc1F. The Morgan fingerprint density at radius 1 is 1.20 bits per heavy atom. The summed E-state index contributed by atoms with van der Waals surface area (Å²) in [5, 5.41) is 3.02. The molecule has 0 atom stereocenters. The second-order valence-electron chi connectivity index (χ2n) is 4.93. The van der Waals surface area contributed by atoms with Crippen molar-refractivity contribution in [2.75, 3.05) is 10.7 Å². The molecule has 1 aliphatic rings. The first-order valence-corrected chi connectivity index (χ1v) is 6.55. The van der Waals surface area contributed by atoms with Crippen LogP contribution in [0.15, 0.2) is 24.3 Å². The molecule has 0 unspecified atom stereocenters. The number of para-hydroxylation sites is 1. The number of nitrogens with one attached hydrogen (secondary N) is 2. The van der Waals surface area contributed by atoms with Gasteiger partial charge in [0.2, 0.25) is 0 Å². The van der Waals surface area contributed by atoms with E-state index < -0.39 is 0 Å². The predicted molar refractivity (Wildman–Crippen MR) is 76.2 cm³/mol. The highest BCUT2D eigenvalue weighted by Gasteiger charge is 2.28. The fraction of sp³-hybridized carbons (Fsp3) is 0.286. The quantitative estimate of drug-likeness (QED) is 0.590. The first kappa shape index (κ1) is 12.8. The van der Waals surface area contributed by atoms with Crippen LogP contribution >= 0.6 is 0 Å². The summed E-state index contributed by atoms with van der Waals surface area (Å²) in [4.78, 5) is 8.89. The molecule has 0 spiro atoms. The van der Waals surface area contributed by atoms with E-state index in [1.54, 1.807) is 18.2 Å². The molecule has 0 aliphatic heterocycles. The van der Waals surface area contributed by atoms with Gasteiger partial charge < -0.3 is 10.7 Å². The number of nitrogens with two attached hydrogens (primary N) is 1. The van der Waals surface area contributed by atoms with E-state index in [1.165, 1.54) is 6.07 Å². The van der Waals surface area contributed by atoms with Crippen molar-refractivity contribution in [1.29, 1.82) is 0 Å². The van der Waals surface area contributed by atoms with Crippen LogP contribution in [-0.4, -0.2) is 9.97 Å². The number of hydrogen-bond donors (Lipinski definition) is 3. The number of rotatable bonds is 4. The molecule has 2 aromatic rings. The molecule has 0 amide bonds. The minimum absolute atomic E-state index is 0.319. The third-order valence-electron chi connectivity index (χ3n) is 3.37. The van der Waals surface area contributed by atoms with Crippen molar-refractivity contribution in [2.45, 2.75) is 25.7 Å². The topological polar surface area (TPSA) is 75.9 Å². The molecule has 1 aromatic heterocycles. The Hall–Kier alpha value is -2.21. The second kappa shape index (κ2) is 5.05. The number of hydrazine groups is 1. The van der Waals surface area contributed by atoms with Gasteiger partial charge in [-0.3, -0.25) is 0 Å². The molecule has 3 rings (SSSR count). The Bertz CT molecular complexity index is 639. The van der Waals surface area contributed by atoms with Crippen molar-refractivity contribution >= 4 is 17.3 Å². The number of hydrogen-bond acceptors (Lipinski definition) is 5. The zero-order valence-corrected chi connectivity index (χ0v) is 11.2. The maximum Gasteiger partial charge on any atom is 0.148 e. The lowest BCUT2D eigenvalue weighted by atomic mass is 10.2. The van der Waals surface area contributed by atoms with Gasteiger partial charge in [0.05, 0.1) is 5.69 Å². The lowest BCUT2D eigenvalue weighted by Crippen LogP contribution is -2.14. The standard InChI is InChI=1S/C14H16FN5/c1-8-12(17-11-5-3-2-4-10(11)15)18-14(9-6-7-9)19-13(8)20-16/h2-5,9H,6-7,16H2,1H3,(H2,17,18,19,20). The molecule has 5 nitrogen and oxygen atoms in total. The maximum atomic E-state index is 13.7. The van der Waals surface area contributed by atoms with Crippen LogP contribution in [0.4, 0.5) is 21.7 Å². The third kappa shape index (κ3) is 2.42. The van der Waals surface area contributed by atoms with Crippen molar-refractivity contribution in [3.8, 4) is 0 Å². The fourth-order valence-electron chi connectivity index (χ4n) is 2.01. The minimum atomic E-state index is -0.319. The van der Waals surface area contributed by atoms with Crippen LogP contribution in [0.3, 0.4) is 0 Å². The van der Waals surface area contributed by atoms with Crippen molar-refractivity contribution in [3.05, 3.63) is 41.5 Å². The van der Waals surface area contributed by atoms with Crippen molar-refractivity contribution in [3.63, 3.8) is 0 Å². The molecule has 1 saturated carbocycles. The van der Waals surface area contributed by atoms with Gasteiger partial charge in [-0.15, -0.1) is 0 Å². The largest absolute Gasteiger partial charge is 0.337 e. The molecule has 1 heterocycles. The van der Waals surface area contributed by atoms with Crippen LogP contribution in [0.25, 0.3) is 0 Å². The van der Waals surface area contributed by atoms with Crippen LogP contribution in [0.1, 0.15) is 30.1 Å². The fourth-order valence-corrected chi connectivity index (χ4v) is 2.01. The molecular formula is C14H16FN5. The van der Waals surface area contributed by atoms with Gasteiger partial charge >= 0.3 is 0 Å². The molecule has 1 aliphatic carbocycles. The molecule has 1 fully saturated rings. The summed E-state index contributed by atoms with van der Waals surface area (Å²) in [6.07, 6.45) is 2.18. The van der Waals surface area contributed by atoms with E-state index >= 15 is 0 Å². The molecule has 0 saturated heterocycles. The van der Waals surface area contributed by atoms with Gasteiger partial charge in [-0.25, -0.2) is 20.2 Å². The van der Waals surface area contributed by atoms with E-state index in [0.717, 1.165) is 24.2 Å². The van der Waals surface area contributed by atoms with Gasteiger partial charge in [0.25, 0.3) is 0 Å². The van der Waals surface area contributed by atoms with Gasteiger partial charge in [-0.05, 0) is 31.9 Å². The number of nitrogens with zero attached hydrogens (tertiary/aromatic N) is 2. The summed E-state index contributed by atoms with van der Waals surface area (Å²) >= 11 is 0. The summed E-state index contributed by atoms with van der Waals surface area (Å²) in [7, 11) is 0. The zero-order chi connectivity index (χ0) is 14.1. The number of nitrogen functional groups attached to an aromatic ring is 1. The lowest BCUT2D eigenvalue weighted by Gasteiger charge is -2.13. The first-order chi connectivity index (χ1) is 9.69. The molecule has 6 heteroatoms. The summed E-state index contributed by atoms with van der Waals surface area (Å²) in [6, 6.07) is 6.49. The smallest absolute Gasteiger partial charge is 0.148 e. The van der Waals surface area contributed by atoms with Crippen molar-refractivity contribution in [1.82, 2.24) is 9.97 Å². The van der Waals surface area contributed by atoms with E-state index in [0.29, 0.717) is 23.2 Å². The van der Waals surface area contributed by atoms with E-state index in [1.807, 2.05) is 6.92 Å². The molecule has 0 radical (unpaired) electrons. The number of benzene rings is 1. The van der Waals surface area contributed by atoms with Crippen LogP contribution in [-0.2, 0) is 0 Å². The van der Waals surface area contributed by atoms with Gasteiger partial charge in [-0.2, -0.15) is 0 Å². The van der Waals surface area contributed by atoms with E-state index in [9.17, 15) is 4.39 Å². The molecule has 1 aromatic carbocycles. The highest BCUT2D eigenvalue weighted by atomic mass is 19.1.